The van der Waals surface area contributed by atoms with Gasteiger partial charge in [0, 0.05) is 23.8 Å². The lowest BCUT2D eigenvalue weighted by molar-refractivity contribution is 0.0935. The molecule has 2 aliphatic carbocycles. The molecule has 3 N–H and O–H groups in total. The molecule has 0 spiro atoms. The van der Waals surface area contributed by atoms with Gasteiger partial charge in [0.2, 0.25) is 0 Å². The van der Waals surface area contributed by atoms with Crippen LogP contribution in [0.2, 0.25) is 0 Å². The molecule has 2 aromatic rings. The van der Waals surface area contributed by atoms with Crippen molar-refractivity contribution >= 4 is 5.91 Å². The molecule has 0 saturated heterocycles. The van der Waals surface area contributed by atoms with E-state index >= 15 is 0 Å². The van der Waals surface area contributed by atoms with Gasteiger partial charge in [-0.05, 0) is 68.7 Å². The Morgan fingerprint density at radius 1 is 1.26 bits per heavy atom. The summed E-state index contributed by atoms with van der Waals surface area (Å²) in [6, 6.07) is 5.03. The zero-order valence-electron chi connectivity index (χ0n) is 15.8. The van der Waals surface area contributed by atoms with Gasteiger partial charge in [-0.15, -0.1) is 0 Å². The molecule has 1 amide bonds. The number of nitrogens with two attached hydrogens (primary N) is 1. The number of benzene rings is 1. The molecule has 2 aliphatic rings. The molecule has 1 aromatic carbocycles. The highest BCUT2D eigenvalue weighted by molar-refractivity contribution is 5.94. The summed E-state index contributed by atoms with van der Waals surface area (Å²) >= 11 is 0. The molecule has 144 valence electrons. The summed E-state index contributed by atoms with van der Waals surface area (Å²) in [7, 11) is 0. The predicted octanol–water partition coefficient (Wildman–Crippen LogP) is 3.06. The number of aryl methyl sites for hydroxylation is 1. The Balaban J connectivity index is 1.57. The van der Waals surface area contributed by atoms with Gasteiger partial charge in [0.15, 0.2) is 5.69 Å². The monoisotopic (exact) mass is 370 g/mol. The maximum atomic E-state index is 13.9. The second kappa shape index (κ2) is 7.43. The first-order valence-corrected chi connectivity index (χ1v) is 9.95. The number of nitrogens with one attached hydrogen (secondary N) is 1. The number of fused-ring (bicyclic) bond motifs is 1. The van der Waals surface area contributed by atoms with Crippen LogP contribution in [0, 0.1) is 18.7 Å². The maximum absolute atomic E-state index is 13.9. The van der Waals surface area contributed by atoms with Crippen LogP contribution in [-0.2, 0) is 12.8 Å². The minimum Gasteiger partial charge on any atom is -0.350 e. The molecule has 6 heteroatoms. The second-order valence-electron chi connectivity index (χ2n) is 7.94. The fourth-order valence-electron chi connectivity index (χ4n) is 4.47. The number of carbonyl (C=O) groups excluding carboxylic acids is 1. The van der Waals surface area contributed by atoms with Crippen LogP contribution in [0.25, 0.3) is 5.69 Å². The molecule has 2 atom stereocenters. The second-order valence-corrected chi connectivity index (χ2v) is 7.94. The number of nitrogens with zero attached hydrogens (tertiary/aromatic N) is 2. The van der Waals surface area contributed by atoms with Crippen LogP contribution < -0.4 is 11.1 Å². The van der Waals surface area contributed by atoms with E-state index in [-0.39, 0.29) is 17.8 Å². The largest absolute Gasteiger partial charge is 0.350 e. The summed E-state index contributed by atoms with van der Waals surface area (Å²) in [6.07, 6.45) is 7.15. The van der Waals surface area contributed by atoms with Crippen molar-refractivity contribution in [2.75, 3.05) is 6.54 Å². The van der Waals surface area contributed by atoms with E-state index in [9.17, 15) is 9.18 Å². The van der Waals surface area contributed by atoms with E-state index in [4.69, 9.17) is 5.73 Å². The molecule has 1 aromatic heterocycles. The van der Waals surface area contributed by atoms with Crippen molar-refractivity contribution in [3.8, 4) is 5.69 Å². The van der Waals surface area contributed by atoms with Crippen LogP contribution in [0.3, 0.4) is 0 Å². The van der Waals surface area contributed by atoms with Gasteiger partial charge in [-0.3, -0.25) is 4.79 Å². The molecule has 1 fully saturated rings. The lowest BCUT2D eigenvalue weighted by Crippen LogP contribution is -2.41. The van der Waals surface area contributed by atoms with Gasteiger partial charge < -0.3 is 11.1 Å². The first-order chi connectivity index (χ1) is 13.0. The van der Waals surface area contributed by atoms with Crippen molar-refractivity contribution in [1.29, 1.82) is 0 Å². The van der Waals surface area contributed by atoms with E-state index in [0.717, 1.165) is 48.9 Å². The lowest BCUT2D eigenvalue weighted by atomic mass is 9.85. The number of aromatic nitrogens is 2. The summed E-state index contributed by atoms with van der Waals surface area (Å²) in [6.45, 7) is 2.46. The molecule has 0 radical (unpaired) electrons. The Morgan fingerprint density at radius 2 is 2.07 bits per heavy atom. The summed E-state index contributed by atoms with van der Waals surface area (Å²) in [5, 5.41) is 7.62. The fourth-order valence-corrected chi connectivity index (χ4v) is 4.47. The van der Waals surface area contributed by atoms with Gasteiger partial charge >= 0.3 is 0 Å². The summed E-state index contributed by atoms with van der Waals surface area (Å²) < 4.78 is 15.6. The Bertz CT molecular complexity index is 840. The highest BCUT2D eigenvalue weighted by Crippen LogP contribution is 2.29. The fraction of sp³-hybridized carbons (Fsp3) is 0.524. The van der Waals surface area contributed by atoms with Crippen LogP contribution in [-0.4, -0.2) is 28.3 Å². The third kappa shape index (κ3) is 3.63. The van der Waals surface area contributed by atoms with Gasteiger partial charge in [-0.25, -0.2) is 9.07 Å². The zero-order chi connectivity index (χ0) is 19.0. The van der Waals surface area contributed by atoms with E-state index in [2.05, 4.69) is 10.4 Å². The summed E-state index contributed by atoms with van der Waals surface area (Å²) in [4.78, 5) is 12.8. The SMILES string of the molecule is Cc1cc(F)cc(-n2nc(C(=O)NCC3CCCCC3N)c3c2CCC3)c1. The van der Waals surface area contributed by atoms with E-state index in [1.54, 1.807) is 4.68 Å². The first kappa shape index (κ1) is 18.2. The number of hydrogen-bond acceptors (Lipinski definition) is 3. The van der Waals surface area contributed by atoms with E-state index in [1.165, 1.54) is 25.0 Å². The summed E-state index contributed by atoms with van der Waals surface area (Å²) in [5.74, 6) is -0.0916. The molecular weight excluding hydrogens is 343 g/mol. The Labute approximate surface area is 159 Å². The Kier molecular flexibility index (Phi) is 5.00. The third-order valence-electron chi connectivity index (χ3n) is 5.91. The molecule has 1 saturated carbocycles. The van der Waals surface area contributed by atoms with Crippen LogP contribution in [0.15, 0.2) is 18.2 Å². The smallest absolute Gasteiger partial charge is 0.272 e. The van der Waals surface area contributed by atoms with Gasteiger partial charge in [0.05, 0.1) is 5.69 Å². The Morgan fingerprint density at radius 3 is 2.85 bits per heavy atom. The van der Waals surface area contributed by atoms with Crippen LogP contribution >= 0.6 is 0 Å². The van der Waals surface area contributed by atoms with E-state index in [0.29, 0.717) is 23.8 Å². The van der Waals surface area contributed by atoms with Crippen LogP contribution in [0.1, 0.15) is 59.4 Å². The Hall–Kier alpha value is -2.21. The van der Waals surface area contributed by atoms with Crippen molar-refractivity contribution in [2.45, 2.75) is 57.9 Å². The van der Waals surface area contributed by atoms with Gasteiger partial charge in [-0.2, -0.15) is 5.10 Å². The summed E-state index contributed by atoms with van der Waals surface area (Å²) in [5.41, 5.74) is 10.2. The zero-order valence-corrected chi connectivity index (χ0v) is 15.8. The standard InChI is InChI=1S/C21H27FN4O/c1-13-9-15(22)11-16(10-13)26-19-8-4-6-17(19)20(25-26)21(27)24-12-14-5-2-3-7-18(14)23/h9-11,14,18H,2-8,12,23H2,1H3,(H,24,27). The lowest BCUT2D eigenvalue weighted by Gasteiger charge is -2.28. The van der Waals surface area contributed by atoms with Crippen molar-refractivity contribution in [2.24, 2.45) is 11.7 Å². The van der Waals surface area contributed by atoms with Crippen LogP contribution in [0.5, 0.6) is 0 Å². The molecule has 5 nitrogen and oxygen atoms in total. The minimum absolute atomic E-state index is 0.141. The quantitative estimate of drug-likeness (QED) is 0.869. The average Bonchev–Trinajstić information content (AvgIpc) is 3.22. The molecule has 0 aliphatic heterocycles. The number of halogens is 1. The van der Waals surface area contributed by atoms with Gasteiger partial charge in [-0.1, -0.05) is 12.8 Å². The molecule has 2 unspecified atom stereocenters. The number of rotatable bonds is 4. The highest BCUT2D eigenvalue weighted by atomic mass is 19.1. The van der Waals surface area contributed by atoms with E-state index < -0.39 is 0 Å². The highest BCUT2D eigenvalue weighted by Gasteiger charge is 2.28. The number of amides is 1. The molecule has 0 bridgehead atoms. The molecule has 27 heavy (non-hydrogen) atoms. The van der Waals surface area contributed by atoms with Crippen molar-refractivity contribution in [3.05, 3.63) is 46.5 Å². The minimum atomic E-state index is -0.287. The normalized spacial score (nSPS) is 21.9. The molecular formula is C21H27FN4O. The predicted molar refractivity (Wildman–Crippen MR) is 103 cm³/mol. The van der Waals surface area contributed by atoms with Gasteiger partial charge in [0.1, 0.15) is 5.82 Å². The molecule has 1 heterocycles. The van der Waals surface area contributed by atoms with E-state index in [1.807, 2.05) is 13.0 Å². The van der Waals surface area contributed by atoms with Crippen LogP contribution in [0.4, 0.5) is 4.39 Å². The maximum Gasteiger partial charge on any atom is 0.272 e. The average molecular weight is 370 g/mol. The van der Waals surface area contributed by atoms with Gasteiger partial charge in [0.25, 0.3) is 5.91 Å². The van der Waals surface area contributed by atoms with Crippen molar-refractivity contribution < 1.29 is 9.18 Å². The number of hydrogen-bond donors (Lipinski definition) is 2. The number of carbonyl (C=O) groups is 1. The third-order valence-corrected chi connectivity index (χ3v) is 5.91. The van der Waals surface area contributed by atoms with Crippen molar-refractivity contribution in [3.63, 3.8) is 0 Å². The topological polar surface area (TPSA) is 72.9 Å². The molecule has 4 rings (SSSR count). The van der Waals surface area contributed by atoms with Crippen molar-refractivity contribution in [1.82, 2.24) is 15.1 Å². The first-order valence-electron chi connectivity index (χ1n) is 9.95.